The zero-order valence-corrected chi connectivity index (χ0v) is 10.6. The van der Waals surface area contributed by atoms with Gasteiger partial charge in [-0.15, -0.1) is 0 Å². The van der Waals surface area contributed by atoms with Crippen LogP contribution in [-0.4, -0.2) is 25.5 Å². The second kappa shape index (κ2) is 4.44. The smallest absolute Gasteiger partial charge is 0.239 e. The number of hydrogen-bond acceptors (Lipinski definition) is 3. The van der Waals surface area contributed by atoms with Crippen molar-refractivity contribution in [3.05, 3.63) is 21.5 Å². The van der Waals surface area contributed by atoms with E-state index in [2.05, 4.69) is 5.32 Å². The summed E-state index contributed by atoms with van der Waals surface area (Å²) in [6.07, 6.45) is 0. The molecule has 0 saturated carbocycles. The Labute approximate surface area is 106 Å². The molecule has 86 valence electrons. The molecule has 0 unspecified atom stereocenters. The molecule has 1 aromatic carbocycles. The van der Waals surface area contributed by atoms with Crippen molar-refractivity contribution < 1.29 is 9.18 Å². The molecule has 16 heavy (non-hydrogen) atoms. The van der Waals surface area contributed by atoms with E-state index < -0.39 is 0 Å². The molecule has 3 N–H and O–H groups in total. The van der Waals surface area contributed by atoms with Crippen LogP contribution in [0.4, 0.5) is 15.8 Å². The van der Waals surface area contributed by atoms with Crippen LogP contribution < -0.4 is 16.0 Å². The molecule has 1 aromatic rings. The van der Waals surface area contributed by atoms with E-state index in [0.717, 1.165) is 0 Å². The number of nitrogen functional groups attached to an aromatic ring is 1. The van der Waals surface area contributed by atoms with Crippen molar-refractivity contribution in [2.75, 3.05) is 30.3 Å². The molecular weight excluding hydrogens is 324 g/mol. The molecule has 1 aliphatic heterocycles. The second-order valence-corrected chi connectivity index (χ2v) is 4.76. The van der Waals surface area contributed by atoms with Gasteiger partial charge in [-0.05, 0) is 28.7 Å². The van der Waals surface area contributed by atoms with Crippen molar-refractivity contribution in [3.63, 3.8) is 0 Å². The minimum Gasteiger partial charge on any atom is -0.397 e. The van der Waals surface area contributed by atoms with Crippen LogP contribution >= 0.6 is 22.6 Å². The Morgan fingerprint density at radius 2 is 2.25 bits per heavy atom. The van der Waals surface area contributed by atoms with Gasteiger partial charge in [0, 0.05) is 19.2 Å². The van der Waals surface area contributed by atoms with Gasteiger partial charge < -0.3 is 16.0 Å². The van der Waals surface area contributed by atoms with E-state index in [4.69, 9.17) is 5.73 Å². The first kappa shape index (κ1) is 11.4. The number of carbonyl (C=O) groups excluding carboxylic acids is 1. The highest BCUT2D eigenvalue weighted by Crippen LogP contribution is 2.27. The van der Waals surface area contributed by atoms with Gasteiger partial charge in [0.05, 0.1) is 21.5 Å². The summed E-state index contributed by atoms with van der Waals surface area (Å²) in [5.74, 6) is -0.375. The molecule has 1 fully saturated rings. The van der Waals surface area contributed by atoms with Gasteiger partial charge in [0.2, 0.25) is 5.91 Å². The van der Waals surface area contributed by atoms with Crippen LogP contribution in [0, 0.1) is 9.39 Å². The normalized spacial score (nSPS) is 16.1. The van der Waals surface area contributed by atoms with Gasteiger partial charge in [0.25, 0.3) is 0 Å². The van der Waals surface area contributed by atoms with Gasteiger partial charge in [-0.3, -0.25) is 4.79 Å². The number of carbonyl (C=O) groups is 1. The highest BCUT2D eigenvalue weighted by Gasteiger charge is 2.19. The monoisotopic (exact) mass is 335 g/mol. The summed E-state index contributed by atoms with van der Waals surface area (Å²) in [5, 5.41) is 2.71. The number of anilines is 2. The number of nitrogens with two attached hydrogens (primary N) is 1. The SMILES string of the molecule is Nc1cc(I)c(F)cc1N1CCNC(=O)C1. The van der Waals surface area contributed by atoms with E-state index in [1.54, 1.807) is 11.0 Å². The van der Waals surface area contributed by atoms with Crippen molar-refractivity contribution in [3.8, 4) is 0 Å². The highest BCUT2D eigenvalue weighted by molar-refractivity contribution is 14.1. The molecule has 6 heteroatoms. The Kier molecular flexibility index (Phi) is 3.17. The minimum atomic E-state index is -0.309. The first-order valence-corrected chi connectivity index (χ1v) is 5.92. The third-order valence-electron chi connectivity index (χ3n) is 2.45. The maximum Gasteiger partial charge on any atom is 0.239 e. The van der Waals surface area contributed by atoms with E-state index in [1.807, 2.05) is 22.6 Å². The summed E-state index contributed by atoms with van der Waals surface area (Å²) < 4.78 is 13.9. The van der Waals surface area contributed by atoms with Gasteiger partial charge in [-0.25, -0.2) is 4.39 Å². The Bertz CT molecular complexity index is 438. The molecule has 2 rings (SSSR count). The van der Waals surface area contributed by atoms with E-state index >= 15 is 0 Å². The van der Waals surface area contributed by atoms with Crippen LogP contribution in [0.25, 0.3) is 0 Å². The first-order chi connectivity index (χ1) is 7.58. The number of amides is 1. The Morgan fingerprint density at radius 1 is 1.50 bits per heavy atom. The molecule has 0 radical (unpaired) electrons. The molecule has 1 saturated heterocycles. The molecule has 0 aromatic heterocycles. The summed E-state index contributed by atoms with van der Waals surface area (Å²) in [7, 11) is 0. The molecule has 0 bridgehead atoms. The Balaban J connectivity index is 2.32. The average molecular weight is 335 g/mol. The fraction of sp³-hybridized carbons (Fsp3) is 0.300. The van der Waals surface area contributed by atoms with Gasteiger partial charge in [-0.2, -0.15) is 0 Å². The van der Waals surface area contributed by atoms with E-state index in [0.29, 0.717) is 28.0 Å². The summed E-state index contributed by atoms with van der Waals surface area (Å²) in [6.45, 7) is 1.44. The average Bonchev–Trinajstić information content (AvgIpc) is 2.23. The van der Waals surface area contributed by atoms with Crippen molar-refractivity contribution in [1.82, 2.24) is 5.32 Å². The van der Waals surface area contributed by atoms with Gasteiger partial charge in [0.15, 0.2) is 0 Å². The summed E-state index contributed by atoms with van der Waals surface area (Å²) in [6, 6.07) is 2.97. The maximum atomic E-state index is 13.4. The Morgan fingerprint density at radius 3 is 2.94 bits per heavy atom. The standard InChI is InChI=1S/C10H11FIN3O/c11-6-3-9(8(13)4-7(6)12)15-2-1-14-10(16)5-15/h3-4H,1-2,5,13H2,(H,14,16). The number of piperazine rings is 1. The number of hydrogen-bond donors (Lipinski definition) is 2. The number of halogens is 2. The second-order valence-electron chi connectivity index (χ2n) is 3.60. The summed E-state index contributed by atoms with van der Waals surface area (Å²) in [4.78, 5) is 13.0. The van der Waals surface area contributed by atoms with Gasteiger partial charge in [-0.1, -0.05) is 0 Å². The molecule has 0 atom stereocenters. The first-order valence-electron chi connectivity index (χ1n) is 4.84. The van der Waals surface area contributed by atoms with Crippen LogP contribution in [0.3, 0.4) is 0 Å². The predicted molar refractivity (Wildman–Crippen MR) is 68.8 cm³/mol. The van der Waals surface area contributed by atoms with E-state index in [-0.39, 0.29) is 18.3 Å². The van der Waals surface area contributed by atoms with Gasteiger partial charge >= 0.3 is 0 Å². The van der Waals surface area contributed by atoms with Crippen LogP contribution in [0.5, 0.6) is 0 Å². The molecule has 1 heterocycles. The lowest BCUT2D eigenvalue weighted by molar-refractivity contribution is -0.120. The third-order valence-corrected chi connectivity index (χ3v) is 3.28. The number of nitrogens with one attached hydrogen (secondary N) is 1. The highest BCUT2D eigenvalue weighted by atomic mass is 127. The lowest BCUT2D eigenvalue weighted by atomic mass is 10.2. The zero-order chi connectivity index (χ0) is 11.7. The fourth-order valence-corrected chi connectivity index (χ4v) is 2.16. The summed E-state index contributed by atoms with van der Waals surface area (Å²) in [5.41, 5.74) is 6.91. The van der Waals surface area contributed by atoms with Crippen LogP contribution in [-0.2, 0) is 4.79 Å². The van der Waals surface area contributed by atoms with Crippen LogP contribution in [0.15, 0.2) is 12.1 Å². The van der Waals surface area contributed by atoms with Gasteiger partial charge in [0.1, 0.15) is 5.82 Å². The lowest BCUT2D eigenvalue weighted by Crippen LogP contribution is -2.47. The van der Waals surface area contributed by atoms with Crippen molar-refractivity contribution in [2.24, 2.45) is 0 Å². The Hall–Kier alpha value is -1.05. The molecule has 0 spiro atoms. The fourth-order valence-electron chi connectivity index (χ4n) is 1.67. The quantitative estimate of drug-likeness (QED) is 0.594. The largest absolute Gasteiger partial charge is 0.397 e. The third kappa shape index (κ3) is 2.21. The topological polar surface area (TPSA) is 58.4 Å². The van der Waals surface area contributed by atoms with E-state index in [1.165, 1.54) is 6.07 Å². The number of nitrogens with zero attached hydrogens (tertiary/aromatic N) is 1. The zero-order valence-electron chi connectivity index (χ0n) is 8.46. The summed E-state index contributed by atoms with van der Waals surface area (Å²) >= 11 is 1.89. The minimum absolute atomic E-state index is 0.0652. The van der Waals surface area contributed by atoms with Crippen LogP contribution in [0.1, 0.15) is 0 Å². The van der Waals surface area contributed by atoms with Crippen molar-refractivity contribution in [1.29, 1.82) is 0 Å². The predicted octanol–water partition coefficient (Wildman–Crippen LogP) is 0.949. The van der Waals surface area contributed by atoms with Crippen LogP contribution in [0.2, 0.25) is 0 Å². The lowest BCUT2D eigenvalue weighted by Gasteiger charge is -2.29. The number of rotatable bonds is 1. The molecular formula is C10H11FIN3O. The van der Waals surface area contributed by atoms with Crippen molar-refractivity contribution >= 4 is 39.9 Å². The number of benzene rings is 1. The van der Waals surface area contributed by atoms with Crippen molar-refractivity contribution in [2.45, 2.75) is 0 Å². The molecule has 1 amide bonds. The van der Waals surface area contributed by atoms with E-state index in [9.17, 15) is 9.18 Å². The maximum absolute atomic E-state index is 13.4. The molecule has 0 aliphatic carbocycles. The molecule has 4 nitrogen and oxygen atoms in total. The molecule has 1 aliphatic rings.